The molecule has 0 heterocycles. The lowest BCUT2D eigenvalue weighted by atomic mass is 9.65. The average molecular weight is 433 g/mol. The summed E-state index contributed by atoms with van der Waals surface area (Å²) >= 11 is 0. The molecule has 0 aromatic carbocycles. The van der Waals surface area contributed by atoms with Gasteiger partial charge in [-0.25, -0.2) is 0 Å². The van der Waals surface area contributed by atoms with Crippen LogP contribution in [0.15, 0.2) is 23.6 Å². The van der Waals surface area contributed by atoms with Crippen LogP contribution in [0.1, 0.15) is 117 Å². The Morgan fingerprint density at radius 1 is 0.562 bits per heavy atom. The van der Waals surface area contributed by atoms with Crippen molar-refractivity contribution < 1.29 is 0 Å². The molecule has 4 fully saturated rings. The molecule has 4 saturated carbocycles. The first-order valence-electron chi connectivity index (χ1n) is 14.3. The number of rotatable bonds is 3. The van der Waals surface area contributed by atoms with Crippen LogP contribution in [0.3, 0.4) is 0 Å². The van der Waals surface area contributed by atoms with E-state index in [1.165, 1.54) is 108 Å². The van der Waals surface area contributed by atoms with E-state index in [4.69, 9.17) is 0 Å². The summed E-state index contributed by atoms with van der Waals surface area (Å²) in [6.07, 6.45) is 22.8. The minimum absolute atomic E-state index is 0.603. The fourth-order valence-electron chi connectivity index (χ4n) is 7.64. The van der Waals surface area contributed by atoms with E-state index in [0.29, 0.717) is 11.8 Å². The van der Waals surface area contributed by atoms with Gasteiger partial charge in [-0.2, -0.15) is 0 Å². The third-order valence-electron chi connectivity index (χ3n) is 10.0. The Balaban J connectivity index is 1.24. The van der Waals surface area contributed by atoms with Crippen molar-refractivity contribution in [3.8, 4) is 11.8 Å². The van der Waals surface area contributed by atoms with Gasteiger partial charge in [-0.05, 0) is 138 Å². The number of hydrogen-bond donors (Lipinski definition) is 0. The molecule has 0 bridgehead atoms. The van der Waals surface area contributed by atoms with Gasteiger partial charge >= 0.3 is 0 Å². The molecule has 0 spiro atoms. The van der Waals surface area contributed by atoms with Gasteiger partial charge in [0.05, 0.1) is 5.57 Å². The molecule has 4 aliphatic rings. The molecule has 0 aromatic rings. The zero-order valence-electron chi connectivity index (χ0n) is 21.1. The summed E-state index contributed by atoms with van der Waals surface area (Å²) in [6, 6.07) is 0. The first-order chi connectivity index (χ1) is 15.6. The molecule has 0 radical (unpaired) electrons. The fourth-order valence-corrected chi connectivity index (χ4v) is 7.64. The van der Waals surface area contributed by atoms with Gasteiger partial charge in [0.25, 0.3) is 0 Å². The highest BCUT2D eigenvalue weighted by atomic mass is 14.4. The van der Waals surface area contributed by atoms with Crippen LogP contribution in [-0.4, -0.2) is 0 Å². The van der Waals surface area contributed by atoms with Crippen LogP contribution in [0.4, 0.5) is 0 Å². The summed E-state index contributed by atoms with van der Waals surface area (Å²) < 4.78 is 0. The van der Waals surface area contributed by atoms with Crippen molar-refractivity contribution in [2.45, 2.75) is 117 Å². The highest BCUT2D eigenvalue weighted by molar-refractivity contribution is 5.31. The van der Waals surface area contributed by atoms with E-state index in [-0.39, 0.29) is 0 Å². The molecule has 0 aliphatic heterocycles. The van der Waals surface area contributed by atoms with E-state index in [9.17, 15) is 0 Å². The summed E-state index contributed by atoms with van der Waals surface area (Å²) in [5.41, 5.74) is 7.47. The van der Waals surface area contributed by atoms with Crippen molar-refractivity contribution in [2.75, 3.05) is 0 Å². The Hall–Kier alpha value is -1.14. The van der Waals surface area contributed by atoms with Crippen LogP contribution < -0.4 is 0 Å². The Morgan fingerprint density at radius 3 is 1.44 bits per heavy atom. The number of allylic oxidation sites excluding steroid dienone is 1. The van der Waals surface area contributed by atoms with Gasteiger partial charge in [0.15, 0.2) is 0 Å². The Morgan fingerprint density at radius 2 is 0.969 bits per heavy atom. The van der Waals surface area contributed by atoms with Crippen molar-refractivity contribution in [1.29, 1.82) is 0 Å². The molecule has 4 aliphatic carbocycles. The van der Waals surface area contributed by atoms with E-state index >= 15 is 0 Å². The van der Waals surface area contributed by atoms with Crippen molar-refractivity contribution in [3.63, 3.8) is 0 Å². The molecule has 4 rings (SSSR count). The van der Waals surface area contributed by atoms with Gasteiger partial charge in [-0.3, -0.25) is 0 Å². The monoisotopic (exact) mass is 432 g/mol. The molecule has 0 saturated heterocycles. The molecule has 0 heteroatoms. The maximum atomic E-state index is 3.81. The van der Waals surface area contributed by atoms with Gasteiger partial charge in [0, 0.05) is 5.92 Å². The average Bonchev–Trinajstić information content (AvgIpc) is 2.84. The van der Waals surface area contributed by atoms with Gasteiger partial charge in [0.2, 0.25) is 0 Å². The van der Waals surface area contributed by atoms with Crippen molar-refractivity contribution >= 4 is 0 Å². The third-order valence-corrected chi connectivity index (χ3v) is 10.0. The standard InChI is InChI=1S/C32H48/c1-4-5-27(15-12-26-10-6-24(2)7-11-26)29-16-18-31(19-17-29)32-22-20-30(21-23-32)28-13-8-25(3)9-14-28/h24-26,28-32H,1,6-11,13-14,16-23H2,2-3H3. The molecule has 32 heavy (non-hydrogen) atoms. The maximum absolute atomic E-state index is 3.81. The molecular weight excluding hydrogens is 384 g/mol. The van der Waals surface area contributed by atoms with Gasteiger partial charge < -0.3 is 0 Å². The molecule has 0 amide bonds. The van der Waals surface area contributed by atoms with Crippen LogP contribution in [0.25, 0.3) is 0 Å². The van der Waals surface area contributed by atoms with E-state index in [2.05, 4.69) is 43.7 Å². The van der Waals surface area contributed by atoms with Crippen LogP contribution in [0.2, 0.25) is 0 Å². The van der Waals surface area contributed by atoms with Crippen LogP contribution in [0.5, 0.6) is 0 Å². The lowest BCUT2D eigenvalue weighted by Crippen LogP contribution is -2.29. The lowest BCUT2D eigenvalue weighted by Gasteiger charge is -2.41. The highest BCUT2D eigenvalue weighted by Crippen LogP contribution is 2.46. The van der Waals surface area contributed by atoms with Crippen molar-refractivity contribution in [3.05, 3.63) is 23.6 Å². The van der Waals surface area contributed by atoms with Crippen LogP contribution in [-0.2, 0) is 0 Å². The predicted octanol–water partition coefficient (Wildman–Crippen LogP) is 9.12. The summed E-state index contributed by atoms with van der Waals surface area (Å²) in [4.78, 5) is 0. The molecular formula is C32H48. The molecule has 0 aromatic heterocycles. The molecule has 0 nitrogen and oxygen atoms in total. The third kappa shape index (κ3) is 6.47. The topological polar surface area (TPSA) is 0 Å². The zero-order chi connectivity index (χ0) is 22.3. The highest BCUT2D eigenvalue weighted by Gasteiger charge is 2.34. The largest absolute Gasteiger partial charge is 0.0941 e. The van der Waals surface area contributed by atoms with Crippen LogP contribution >= 0.6 is 0 Å². The Kier molecular flexibility index (Phi) is 8.87. The number of hydrogen-bond acceptors (Lipinski definition) is 0. The summed E-state index contributed by atoms with van der Waals surface area (Å²) in [5, 5.41) is 0. The first-order valence-corrected chi connectivity index (χ1v) is 14.3. The SMILES string of the molecule is C=C=C=C(C#CC1CCC(C)CC1)C1CCC(C2CCC(C3CCC(C)CC3)CC2)CC1. The molecule has 176 valence electrons. The van der Waals surface area contributed by atoms with E-state index in [0.717, 1.165) is 35.5 Å². The smallest absolute Gasteiger partial charge is 0.0552 e. The Bertz CT molecular complexity index is 717. The van der Waals surface area contributed by atoms with Crippen molar-refractivity contribution in [2.24, 2.45) is 47.3 Å². The lowest BCUT2D eigenvalue weighted by molar-refractivity contribution is 0.110. The van der Waals surface area contributed by atoms with Gasteiger partial charge in [0.1, 0.15) is 0 Å². The van der Waals surface area contributed by atoms with Crippen molar-refractivity contribution in [1.82, 2.24) is 0 Å². The normalized spacial score (nSPS) is 40.3. The van der Waals surface area contributed by atoms with Crippen LogP contribution in [0, 0.1) is 59.2 Å². The predicted molar refractivity (Wildman–Crippen MR) is 137 cm³/mol. The maximum Gasteiger partial charge on any atom is 0.0552 e. The first kappa shape index (κ1) is 24.0. The summed E-state index contributed by atoms with van der Waals surface area (Å²) in [6.45, 7) is 8.65. The van der Waals surface area contributed by atoms with E-state index < -0.39 is 0 Å². The quantitative estimate of drug-likeness (QED) is 0.308. The van der Waals surface area contributed by atoms with E-state index in [1.54, 1.807) is 0 Å². The molecule has 0 atom stereocenters. The summed E-state index contributed by atoms with van der Waals surface area (Å²) in [7, 11) is 0. The second-order valence-electron chi connectivity index (χ2n) is 12.2. The fraction of sp³-hybridized carbons (Fsp3) is 0.812. The molecule has 0 N–H and O–H groups in total. The summed E-state index contributed by atoms with van der Waals surface area (Å²) in [5.74, 6) is 14.4. The Labute approximate surface area is 199 Å². The van der Waals surface area contributed by atoms with Gasteiger partial charge in [-0.15, -0.1) is 0 Å². The second-order valence-corrected chi connectivity index (χ2v) is 12.2. The molecule has 0 unspecified atom stereocenters. The minimum atomic E-state index is 0.603. The minimum Gasteiger partial charge on any atom is -0.0941 e. The zero-order valence-corrected chi connectivity index (χ0v) is 21.1. The van der Waals surface area contributed by atoms with Gasteiger partial charge in [-0.1, -0.05) is 50.0 Å². The van der Waals surface area contributed by atoms with E-state index in [1.807, 2.05) is 0 Å². The second kappa shape index (κ2) is 11.8.